The fourth-order valence-corrected chi connectivity index (χ4v) is 5.60. The normalized spacial score (nSPS) is 16.4. The number of likely N-dealkylation sites (N-methyl/N-ethyl adjacent to an activating group) is 1. The van der Waals surface area contributed by atoms with E-state index in [1.807, 2.05) is 0 Å². The fourth-order valence-electron chi connectivity index (χ4n) is 5.60. The number of hydrogen-bond acceptors (Lipinski definition) is 8. The second-order valence-corrected chi connectivity index (χ2v) is 11.1. The Balaban J connectivity index is 0.00000141. The van der Waals surface area contributed by atoms with E-state index in [-0.39, 0.29) is 22.9 Å². The largest absolute Gasteiger partial charge is 0.554 e. The maximum Gasteiger partial charge on any atom is 0.416 e. The van der Waals surface area contributed by atoms with Gasteiger partial charge in [-0.25, -0.2) is 19.3 Å². The number of nitriles is 1. The fraction of sp³-hybridized carbons (Fsp3) is 0.367. The number of H-pyrrole nitrogens is 1. The first kappa shape index (κ1) is 32.0. The Morgan fingerprint density at radius 3 is 2.52 bits per heavy atom. The highest BCUT2D eigenvalue weighted by Crippen LogP contribution is 2.44. The zero-order valence-electron chi connectivity index (χ0n) is 24.5. The number of aromatic amines is 1. The van der Waals surface area contributed by atoms with Gasteiger partial charge < -0.3 is 19.1 Å². The van der Waals surface area contributed by atoms with Gasteiger partial charge in [0.25, 0.3) is 0 Å². The number of nitrogens with one attached hydrogen (secondary N) is 1. The van der Waals surface area contributed by atoms with E-state index in [9.17, 15) is 28.0 Å². The Labute approximate surface area is 251 Å². The molecular formula is C30H31F3N6O5. The molecule has 14 heteroatoms. The van der Waals surface area contributed by atoms with Gasteiger partial charge in [-0.1, -0.05) is 12.1 Å². The number of methoxy groups -OCH3 is 1. The smallest absolute Gasteiger partial charge is 0.416 e. The molecule has 232 valence electrons. The van der Waals surface area contributed by atoms with Crippen LogP contribution in [0.5, 0.6) is 0 Å². The molecule has 0 radical (unpaired) electrons. The molecule has 5 rings (SSSR count). The van der Waals surface area contributed by atoms with Crippen LogP contribution in [0.25, 0.3) is 0 Å². The number of rotatable bonds is 7. The first-order valence-electron chi connectivity index (χ1n) is 13.6. The molecular weight excluding hydrogens is 581 g/mol. The molecule has 1 N–H and O–H groups in total. The number of anilines is 2. The number of carboxylic acid groups (broad SMARTS) is 1. The molecule has 2 heterocycles. The summed E-state index contributed by atoms with van der Waals surface area (Å²) in [7, 11) is 5.51. The molecule has 1 fully saturated rings. The van der Waals surface area contributed by atoms with Crippen LogP contribution in [0.4, 0.5) is 24.8 Å². The van der Waals surface area contributed by atoms with Crippen LogP contribution >= 0.6 is 0 Å². The van der Waals surface area contributed by atoms with Crippen molar-refractivity contribution in [3.05, 3.63) is 86.5 Å². The van der Waals surface area contributed by atoms with E-state index in [2.05, 4.69) is 30.4 Å². The van der Waals surface area contributed by atoms with Crippen LogP contribution in [0.2, 0.25) is 0 Å². The first-order chi connectivity index (χ1) is 20.8. The van der Waals surface area contributed by atoms with Crippen molar-refractivity contribution >= 4 is 24.1 Å². The van der Waals surface area contributed by atoms with Crippen molar-refractivity contribution in [1.82, 2.24) is 14.8 Å². The highest BCUT2D eigenvalue weighted by atomic mass is 19.4. The Morgan fingerprint density at radius 2 is 1.93 bits per heavy atom. The summed E-state index contributed by atoms with van der Waals surface area (Å²) in [4.78, 5) is 36.2. The second-order valence-electron chi connectivity index (χ2n) is 11.1. The van der Waals surface area contributed by atoms with Gasteiger partial charge in [-0.2, -0.15) is 18.4 Å². The summed E-state index contributed by atoms with van der Waals surface area (Å²) in [5.41, 5.74) is 0.678. The van der Waals surface area contributed by atoms with Gasteiger partial charge in [-0.3, -0.25) is 4.90 Å². The molecule has 3 aromatic rings. The third-order valence-electron chi connectivity index (χ3n) is 8.04. The van der Waals surface area contributed by atoms with Gasteiger partial charge in [0.2, 0.25) is 5.95 Å². The summed E-state index contributed by atoms with van der Waals surface area (Å²) in [5.74, 6) is -0.721. The van der Waals surface area contributed by atoms with E-state index < -0.39 is 35.9 Å². The quantitative estimate of drug-likeness (QED) is 0.244. The van der Waals surface area contributed by atoms with Crippen molar-refractivity contribution in [2.75, 3.05) is 32.6 Å². The zero-order valence-corrected chi connectivity index (χ0v) is 24.5. The molecule has 0 unspecified atom stereocenters. The number of nitrogens with zero attached hydrogens (tertiary/aromatic N) is 5. The molecule has 1 aliphatic heterocycles. The summed E-state index contributed by atoms with van der Waals surface area (Å²) in [6.07, 6.45) is -1.74. The van der Waals surface area contributed by atoms with E-state index >= 15 is 0 Å². The number of benzene rings is 2. The molecule has 0 bridgehead atoms. The van der Waals surface area contributed by atoms with Crippen LogP contribution in [-0.2, 0) is 26.9 Å². The van der Waals surface area contributed by atoms with Crippen LogP contribution in [-0.4, -0.2) is 65.5 Å². The Kier molecular flexibility index (Phi) is 9.01. The molecule has 2 aliphatic rings. The number of ether oxygens (including phenoxy) is 1. The van der Waals surface area contributed by atoms with Gasteiger partial charge in [0, 0.05) is 37.1 Å². The van der Waals surface area contributed by atoms with Crippen molar-refractivity contribution in [1.29, 1.82) is 5.26 Å². The van der Waals surface area contributed by atoms with E-state index in [1.54, 1.807) is 25.1 Å². The van der Waals surface area contributed by atoms with E-state index in [4.69, 9.17) is 14.6 Å². The molecule has 44 heavy (non-hydrogen) atoms. The van der Waals surface area contributed by atoms with Gasteiger partial charge in [-0.15, -0.1) is 5.10 Å². The molecule has 1 saturated carbocycles. The van der Waals surface area contributed by atoms with Crippen molar-refractivity contribution in [2.45, 2.75) is 44.4 Å². The van der Waals surface area contributed by atoms with Crippen LogP contribution in [0.3, 0.4) is 0 Å². The van der Waals surface area contributed by atoms with E-state index in [0.29, 0.717) is 23.6 Å². The molecule has 1 atom stereocenters. The highest BCUT2D eigenvalue weighted by molar-refractivity contribution is 5.93. The number of esters is 1. The number of aromatic nitrogens is 3. The minimum absolute atomic E-state index is 0.0221. The number of fused-ring (bicyclic) bond motifs is 1. The molecule has 0 saturated heterocycles. The molecule has 2 aromatic carbocycles. The number of alkyl halides is 3. The summed E-state index contributed by atoms with van der Waals surface area (Å²) in [6, 6.07) is 11.4. The van der Waals surface area contributed by atoms with Gasteiger partial charge in [-0.05, 0) is 48.4 Å². The Morgan fingerprint density at radius 1 is 1.25 bits per heavy atom. The molecule has 1 aliphatic carbocycles. The van der Waals surface area contributed by atoms with E-state index in [1.165, 1.54) is 28.7 Å². The van der Waals surface area contributed by atoms with Crippen LogP contribution in [0.15, 0.2) is 58.5 Å². The predicted molar refractivity (Wildman–Crippen MR) is 150 cm³/mol. The van der Waals surface area contributed by atoms with Crippen LogP contribution < -0.4 is 15.7 Å². The van der Waals surface area contributed by atoms with E-state index in [0.717, 1.165) is 41.6 Å². The zero-order chi connectivity index (χ0) is 32.4. The Bertz CT molecular complexity index is 1700. The van der Waals surface area contributed by atoms with Crippen molar-refractivity contribution in [2.24, 2.45) is 0 Å². The lowest BCUT2D eigenvalue weighted by Gasteiger charge is -2.36. The van der Waals surface area contributed by atoms with Crippen molar-refractivity contribution < 1.29 is 37.1 Å². The standard InChI is InChI=1S/C29H29F3N6O3.CH2O2/c1-17-24(26(39)41-4)25(23-11-8-18(16-33)14-19(23)12-13-38(2,3)22-9-10-22)37-27(34-35-28(37)40)36(17)21-7-5-6-20(15-21)29(30,31)32;2-1-3/h5-8,11,14-15,22,25H,9-10,12-13H2,1-4H3;1H,(H,2,3)/t25-;/m1./s1. The van der Waals surface area contributed by atoms with Crippen molar-refractivity contribution in [3.63, 3.8) is 0 Å². The molecule has 1 aromatic heterocycles. The number of halogens is 3. The third kappa shape index (κ3) is 6.23. The van der Waals surface area contributed by atoms with Gasteiger partial charge in [0.15, 0.2) is 0 Å². The maximum absolute atomic E-state index is 13.6. The van der Waals surface area contributed by atoms with Gasteiger partial charge in [0.1, 0.15) is 6.04 Å². The lowest BCUT2D eigenvalue weighted by molar-refractivity contribution is -0.900. The average molecular weight is 613 g/mol. The average Bonchev–Trinajstić information content (AvgIpc) is 3.79. The highest BCUT2D eigenvalue weighted by Gasteiger charge is 2.42. The summed E-state index contributed by atoms with van der Waals surface area (Å²) < 4.78 is 47.9. The molecule has 11 nitrogen and oxygen atoms in total. The second kappa shape index (κ2) is 12.4. The number of hydrogen-bond donors (Lipinski definition) is 1. The lowest BCUT2D eigenvalue weighted by atomic mass is 9.89. The maximum atomic E-state index is 13.6. The topological polar surface area (TPSA) is 144 Å². The molecule has 0 spiro atoms. The Hall–Kier alpha value is -4.90. The monoisotopic (exact) mass is 612 g/mol. The summed E-state index contributed by atoms with van der Waals surface area (Å²) in [5, 5.41) is 24.4. The first-order valence-corrected chi connectivity index (χ1v) is 13.6. The number of carbonyl (C=O) groups is 2. The number of carbonyl (C=O) groups excluding carboxylic acids is 2. The van der Waals surface area contributed by atoms with Gasteiger partial charge in [0.05, 0.1) is 56.6 Å². The van der Waals surface area contributed by atoms with Crippen LogP contribution in [0, 0.1) is 11.3 Å². The van der Waals surface area contributed by atoms with Gasteiger partial charge >= 0.3 is 17.8 Å². The van der Waals surface area contributed by atoms with Crippen molar-refractivity contribution in [3.8, 4) is 6.07 Å². The predicted octanol–water partition coefficient (Wildman–Crippen LogP) is 2.80. The minimum Gasteiger partial charge on any atom is -0.554 e. The minimum atomic E-state index is -4.60. The number of quaternary nitrogens is 1. The number of allylic oxidation sites excluding steroid dienone is 1. The SMILES string of the molecule is COC(=O)C1=C(C)N(c2cccc(C(F)(F)F)c2)c2n[nH]c(=O)n2[C@@H]1c1ccc(C#N)cc1CC[N+](C)(C)C1CC1.O=C[O-]. The van der Waals surface area contributed by atoms with Crippen LogP contribution in [0.1, 0.15) is 48.1 Å². The summed E-state index contributed by atoms with van der Waals surface area (Å²) >= 11 is 0. The molecule has 0 amide bonds. The third-order valence-corrected chi connectivity index (χ3v) is 8.04. The lowest BCUT2D eigenvalue weighted by Crippen LogP contribution is -2.43. The summed E-state index contributed by atoms with van der Waals surface area (Å²) in [6.45, 7) is 1.84.